The fraction of sp³-hybridized carbons (Fsp3) is 0.160. The first-order valence-electron chi connectivity index (χ1n) is 11.2. The molecule has 0 bridgehead atoms. The predicted molar refractivity (Wildman–Crippen MR) is 142 cm³/mol. The quantitative estimate of drug-likeness (QED) is 0.211. The Morgan fingerprint density at radius 1 is 0.946 bits per heavy atom. The lowest BCUT2D eigenvalue weighted by Gasteiger charge is -2.15. The van der Waals surface area contributed by atoms with Crippen LogP contribution in [0.15, 0.2) is 71.6 Å². The van der Waals surface area contributed by atoms with Gasteiger partial charge >= 0.3 is 0 Å². The van der Waals surface area contributed by atoms with Crippen LogP contribution >= 0.6 is 0 Å². The van der Waals surface area contributed by atoms with Gasteiger partial charge in [-0.05, 0) is 55.1 Å². The Hall–Kier alpha value is -4.26. The van der Waals surface area contributed by atoms with Gasteiger partial charge < -0.3 is 25.8 Å². The number of nitrogens with zero attached hydrogens (tertiary/aromatic N) is 2. The van der Waals surface area contributed by atoms with Crippen molar-refractivity contribution in [2.75, 3.05) is 36.1 Å². The van der Waals surface area contributed by atoms with E-state index in [0.717, 1.165) is 0 Å². The fourth-order valence-corrected chi connectivity index (χ4v) is 4.58. The molecule has 3 aromatic carbocycles. The average Bonchev–Trinajstić information content (AvgIpc) is 2.89. The molecule has 0 saturated carbocycles. The van der Waals surface area contributed by atoms with Gasteiger partial charge in [-0.3, -0.25) is 9.52 Å². The summed E-state index contributed by atoms with van der Waals surface area (Å²) in [5, 5.41) is 18.1. The molecule has 4 aromatic rings. The van der Waals surface area contributed by atoms with E-state index in [1.54, 1.807) is 55.6 Å². The summed E-state index contributed by atoms with van der Waals surface area (Å²) in [4.78, 5) is 20.9. The number of carbonyl (C=O) groups excluding carboxylic acids is 1. The minimum atomic E-state index is -4.12. The molecule has 1 aromatic heterocycles. The molecule has 0 aliphatic carbocycles. The van der Waals surface area contributed by atoms with Crippen molar-refractivity contribution in [2.24, 2.45) is 0 Å². The van der Waals surface area contributed by atoms with E-state index < -0.39 is 10.0 Å². The zero-order chi connectivity index (χ0) is 26.4. The Bertz CT molecular complexity index is 1520. The fourth-order valence-electron chi connectivity index (χ4n) is 3.53. The van der Waals surface area contributed by atoms with Gasteiger partial charge in [0.05, 0.1) is 36.2 Å². The third-order valence-electron chi connectivity index (χ3n) is 5.21. The number of carbonyl (C=O) groups is 1. The highest BCUT2D eigenvalue weighted by atomic mass is 32.2. The van der Waals surface area contributed by atoms with Crippen molar-refractivity contribution in [2.45, 2.75) is 11.5 Å². The van der Waals surface area contributed by atoms with Gasteiger partial charge in [-0.25, -0.2) is 18.4 Å². The van der Waals surface area contributed by atoms with Crippen molar-refractivity contribution in [3.63, 3.8) is 0 Å². The van der Waals surface area contributed by atoms with Crippen molar-refractivity contribution in [1.82, 2.24) is 15.3 Å². The lowest BCUT2D eigenvalue weighted by Crippen LogP contribution is -2.25. The lowest BCUT2D eigenvalue weighted by atomic mass is 10.2. The van der Waals surface area contributed by atoms with Gasteiger partial charge in [-0.2, -0.15) is 0 Å². The van der Waals surface area contributed by atoms with Crippen LogP contribution in [0.2, 0.25) is 0 Å². The Morgan fingerprint density at radius 3 is 2.35 bits per heavy atom. The van der Waals surface area contributed by atoms with Crippen LogP contribution in [-0.2, 0) is 21.4 Å². The molecule has 37 heavy (non-hydrogen) atoms. The van der Waals surface area contributed by atoms with Crippen LogP contribution in [0.5, 0.6) is 5.75 Å². The van der Waals surface area contributed by atoms with E-state index in [2.05, 4.69) is 30.6 Å². The number of sulfonamides is 1. The summed E-state index contributed by atoms with van der Waals surface area (Å²) in [5.41, 5.74) is 2.48. The number of nitrogens with one attached hydrogen (secondary N) is 4. The second kappa shape index (κ2) is 11.2. The van der Waals surface area contributed by atoms with Crippen molar-refractivity contribution in [3.8, 4) is 5.75 Å². The van der Waals surface area contributed by atoms with Crippen molar-refractivity contribution in [3.05, 3.63) is 72.3 Å². The number of rotatable bonds is 10. The van der Waals surface area contributed by atoms with Crippen LogP contribution in [0.3, 0.4) is 0 Å². The molecule has 0 radical (unpaired) electrons. The van der Waals surface area contributed by atoms with E-state index in [1.807, 2.05) is 0 Å². The third-order valence-corrected chi connectivity index (χ3v) is 6.55. The van der Waals surface area contributed by atoms with Gasteiger partial charge in [0.1, 0.15) is 5.75 Å². The van der Waals surface area contributed by atoms with Crippen LogP contribution in [-0.4, -0.2) is 50.1 Å². The first-order chi connectivity index (χ1) is 17.8. The third kappa shape index (κ3) is 6.30. The van der Waals surface area contributed by atoms with E-state index in [0.29, 0.717) is 33.7 Å². The van der Waals surface area contributed by atoms with E-state index in [9.17, 15) is 18.3 Å². The SMILES string of the molecule is CNCC(=O)Nc1cccc(S(=O)(=O)Nc2nc3ccccc3nc2Nc2cc(CO)cc(OC)c2)c1. The molecule has 0 saturated heterocycles. The maximum absolute atomic E-state index is 13.3. The number of hydrogen-bond acceptors (Lipinski definition) is 9. The topological polar surface area (TPSA) is 155 Å². The molecule has 0 spiro atoms. The van der Waals surface area contributed by atoms with Crippen LogP contribution < -0.4 is 25.4 Å². The standard InChI is InChI=1S/C25H26N6O5S/c1-26-14-23(33)27-17-6-5-7-20(13-17)37(34,35)31-25-24(29-21-8-3-4-9-22(21)30-25)28-18-10-16(15-32)11-19(12-18)36-2/h3-13,26,32H,14-15H2,1-2H3,(H,27,33)(H,28,29)(H,30,31). The first-order valence-corrected chi connectivity index (χ1v) is 12.7. The summed E-state index contributed by atoms with van der Waals surface area (Å²) >= 11 is 0. The van der Waals surface area contributed by atoms with Crippen molar-refractivity contribution >= 4 is 50.0 Å². The highest BCUT2D eigenvalue weighted by molar-refractivity contribution is 7.92. The second-order valence-corrected chi connectivity index (χ2v) is 9.66. The van der Waals surface area contributed by atoms with Gasteiger partial charge in [-0.1, -0.05) is 18.2 Å². The Balaban J connectivity index is 1.71. The summed E-state index contributed by atoms with van der Waals surface area (Å²) in [6.45, 7) is -0.130. The molecule has 1 amide bonds. The molecule has 0 aliphatic heterocycles. The van der Waals surface area contributed by atoms with Crippen LogP contribution in [0.1, 0.15) is 5.56 Å². The highest BCUT2D eigenvalue weighted by Gasteiger charge is 2.20. The molecule has 4 rings (SSSR count). The molecule has 5 N–H and O–H groups in total. The second-order valence-electron chi connectivity index (χ2n) is 7.97. The van der Waals surface area contributed by atoms with Crippen molar-refractivity contribution < 1.29 is 23.1 Å². The first kappa shape index (κ1) is 25.8. The summed E-state index contributed by atoms with van der Waals surface area (Å²) in [6.07, 6.45) is 0. The number of likely N-dealkylation sites (N-methyl/N-ethyl adjacent to an activating group) is 1. The highest BCUT2D eigenvalue weighted by Crippen LogP contribution is 2.30. The Labute approximate surface area is 214 Å². The molecular weight excluding hydrogens is 496 g/mol. The summed E-state index contributed by atoms with van der Waals surface area (Å²) in [7, 11) is -0.977. The van der Waals surface area contributed by atoms with Crippen LogP contribution in [0.25, 0.3) is 11.0 Å². The number of aliphatic hydroxyl groups is 1. The number of amides is 1. The van der Waals surface area contributed by atoms with E-state index in [4.69, 9.17) is 4.74 Å². The van der Waals surface area contributed by atoms with Crippen molar-refractivity contribution in [1.29, 1.82) is 0 Å². The van der Waals surface area contributed by atoms with Gasteiger partial charge in [0.2, 0.25) is 5.91 Å². The number of fused-ring (bicyclic) bond motifs is 1. The average molecular weight is 523 g/mol. The molecular formula is C25H26N6O5S. The molecule has 0 fully saturated rings. The van der Waals surface area contributed by atoms with Gasteiger partial charge in [0.15, 0.2) is 11.6 Å². The number of ether oxygens (including phenoxy) is 1. The van der Waals surface area contributed by atoms with E-state index >= 15 is 0 Å². The number of anilines is 4. The smallest absolute Gasteiger partial charge is 0.263 e. The van der Waals surface area contributed by atoms with Crippen LogP contribution in [0, 0.1) is 0 Å². The molecule has 192 valence electrons. The Morgan fingerprint density at radius 2 is 1.68 bits per heavy atom. The summed E-state index contributed by atoms with van der Waals surface area (Å²) in [6, 6.07) is 18.0. The molecule has 12 heteroatoms. The zero-order valence-electron chi connectivity index (χ0n) is 20.1. The van der Waals surface area contributed by atoms with E-state index in [-0.39, 0.29) is 35.6 Å². The number of methoxy groups -OCH3 is 1. The molecule has 11 nitrogen and oxygen atoms in total. The number of benzene rings is 3. The summed E-state index contributed by atoms with van der Waals surface area (Å²) < 4.78 is 34.4. The minimum absolute atomic E-state index is 0.0308. The molecule has 0 aliphatic rings. The van der Waals surface area contributed by atoms with Gasteiger partial charge in [0, 0.05) is 17.4 Å². The monoisotopic (exact) mass is 522 g/mol. The maximum Gasteiger partial charge on any atom is 0.263 e. The predicted octanol–water partition coefficient (Wildman–Crippen LogP) is 2.83. The van der Waals surface area contributed by atoms with Gasteiger partial charge in [0.25, 0.3) is 10.0 Å². The molecule has 0 unspecified atom stereocenters. The number of aliphatic hydroxyl groups excluding tert-OH is 1. The minimum Gasteiger partial charge on any atom is -0.497 e. The van der Waals surface area contributed by atoms with Gasteiger partial charge in [-0.15, -0.1) is 0 Å². The normalized spacial score (nSPS) is 11.2. The molecule has 1 heterocycles. The zero-order valence-corrected chi connectivity index (χ0v) is 21.0. The lowest BCUT2D eigenvalue weighted by molar-refractivity contribution is -0.115. The number of para-hydroxylation sites is 2. The Kier molecular flexibility index (Phi) is 7.82. The summed E-state index contributed by atoms with van der Waals surface area (Å²) in [5.74, 6) is 0.314. The number of hydrogen-bond donors (Lipinski definition) is 5. The van der Waals surface area contributed by atoms with E-state index in [1.165, 1.54) is 25.3 Å². The largest absolute Gasteiger partial charge is 0.497 e. The maximum atomic E-state index is 13.3. The number of aromatic nitrogens is 2. The van der Waals surface area contributed by atoms with Crippen LogP contribution in [0.4, 0.5) is 23.0 Å². The molecule has 0 atom stereocenters.